The molecule has 0 aliphatic carbocycles. The van der Waals surface area contributed by atoms with Crippen LogP contribution in [0.25, 0.3) is 0 Å². The van der Waals surface area contributed by atoms with Crippen LogP contribution >= 0.6 is 0 Å². The van der Waals surface area contributed by atoms with E-state index in [1.54, 1.807) is 6.08 Å². The zero-order valence-electron chi connectivity index (χ0n) is 2.78. The quantitative estimate of drug-likeness (QED) is 0.336. The molecule has 0 aliphatic heterocycles. The van der Waals surface area contributed by atoms with Gasteiger partial charge >= 0.3 is 26.1 Å². The fraction of sp³-hybridized carbons (Fsp3) is 0.333. The summed E-state index contributed by atoms with van der Waals surface area (Å²) in [6.45, 7) is 1.88. The number of hydrogen-bond donors (Lipinski definition) is 0. The Hall–Kier alpha value is -0.285. The Kier molecular flexibility index (Phi) is 2.52. The van der Waals surface area contributed by atoms with E-state index >= 15 is 0 Å². The standard InChI is InChI=1S/C3H5B/c1-2-3-4/h2,4H,1H3. The summed E-state index contributed by atoms with van der Waals surface area (Å²) in [7, 11) is 3.30. The first-order valence-electron chi connectivity index (χ1n) is 1.22. The first-order valence-corrected chi connectivity index (χ1v) is 1.22. The molecule has 0 spiro atoms. The third-order valence-corrected chi connectivity index (χ3v) is 0.204. The van der Waals surface area contributed by atoms with Crippen LogP contribution in [-0.2, 0) is 0 Å². The van der Waals surface area contributed by atoms with Crippen molar-refractivity contribution in [2.45, 2.75) is 6.92 Å². The van der Waals surface area contributed by atoms with E-state index in [9.17, 15) is 0 Å². The molecule has 0 N–H and O–H groups in total. The summed E-state index contributed by atoms with van der Waals surface area (Å²) in [5.41, 5.74) is 2.56. The number of allylic oxidation sites excluding steroid dienone is 1. The van der Waals surface area contributed by atoms with E-state index in [0.29, 0.717) is 0 Å². The van der Waals surface area contributed by atoms with Crippen molar-refractivity contribution in [3.8, 4) is 0 Å². The predicted molar refractivity (Wildman–Crippen MR) is 22.4 cm³/mol. The topological polar surface area (TPSA) is 0 Å². The average molecular weight is 51.9 g/mol. The summed E-state index contributed by atoms with van der Waals surface area (Å²) < 4.78 is 0. The molecule has 0 saturated heterocycles. The summed E-state index contributed by atoms with van der Waals surface area (Å²) in [5.74, 6) is 0. The fourth-order valence-electron chi connectivity index (χ4n) is 0. The van der Waals surface area contributed by atoms with Crippen LogP contribution in [0.4, 0.5) is 0 Å². The van der Waals surface area contributed by atoms with Gasteiger partial charge in [0, 0.05) is 0 Å². The maximum atomic E-state index is 3.30. The van der Waals surface area contributed by atoms with Gasteiger partial charge in [-0.1, -0.05) is 0 Å². The Morgan fingerprint density at radius 2 is 2.25 bits per heavy atom. The minimum atomic E-state index is 1.76. The van der Waals surface area contributed by atoms with E-state index in [0.717, 1.165) is 0 Å². The molecule has 0 aromatic rings. The second-order valence-electron chi connectivity index (χ2n) is 0.493. The van der Waals surface area contributed by atoms with E-state index < -0.39 is 0 Å². The van der Waals surface area contributed by atoms with Crippen LogP contribution in [0.5, 0.6) is 0 Å². The Morgan fingerprint density at radius 1 is 2.00 bits per heavy atom. The second-order valence-corrected chi connectivity index (χ2v) is 0.493. The molecule has 0 aromatic carbocycles. The SMILES string of the molecule is B=C=CC. The average Bonchev–Trinajstić information content (AvgIpc) is 1.37. The normalized spacial score (nSPS) is 4.00. The summed E-state index contributed by atoms with van der Waals surface area (Å²) in [5, 5.41) is 0. The van der Waals surface area contributed by atoms with E-state index in [-0.39, 0.29) is 0 Å². The van der Waals surface area contributed by atoms with Crippen molar-refractivity contribution < 1.29 is 0 Å². The molecule has 0 rings (SSSR count). The molecule has 4 heavy (non-hydrogen) atoms. The van der Waals surface area contributed by atoms with Gasteiger partial charge in [0.05, 0.1) is 0 Å². The first-order chi connectivity index (χ1) is 1.91. The van der Waals surface area contributed by atoms with Gasteiger partial charge in [-0.05, 0) is 0 Å². The molecule has 0 nitrogen and oxygen atoms in total. The van der Waals surface area contributed by atoms with Gasteiger partial charge < -0.3 is 0 Å². The molecule has 0 saturated carbocycles. The van der Waals surface area contributed by atoms with Crippen molar-refractivity contribution in [3.63, 3.8) is 0 Å². The second kappa shape index (κ2) is 2.71. The zero-order valence-corrected chi connectivity index (χ0v) is 2.78. The van der Waals surface area contributed by atoms with Gasteiger partial charge in [-0.15, -0.1) is 0 Å². The molecule has 0 radical (unpaired) electrons. The van der Waals surface area contributed by atoms with Gasteiger partial charge in [0.1, 0.15) is 0 Å². The summed E-state index contributed by atoms with van der Waals surface area (Å²) in [6, 6.07) is 0. The van der Waals surface area contributed by atoms with Crippen molar-refractivity contribution in [2.75, 3.05) is 0 Å². The van der Waals surface area contributed by atoms with Crippen molar-refractivity contribution in [1.82, 2.24) is 0 Å². The van der Waals surface area contributed by atoms with E-state index in [1.807, 2.05) is 6.92 Å². The Bertz CT molecular complexity index is 41.2. The zero-order chi connectivity index (χ0) is 3.41. The molecule has 0 bridgehead atoms. The Balaban J connectivity index is 3.11. The molecule has 0 fully saturated rings. The van der Waals surface area contributed by atoms with Crippen molar-refractivity contribution in [2.24, 2.45) is 0 Å². The monoisotopic (exact) mass is 52.0 g/mol. The van der Waals surface area contributed by atoms with Crippen LogP contribution in [0.3, 0.4) is 0 Å². The molecule has 0 heterocycles. The minimum absolute atomic E-state index is 1.76. The molecule has 0 atom stereocenters. The van der Waals surface area contributed by atoms with Crippen molar-refractivity contribution in [3.05, 3.63) is 6.08 Å². The molecule has 1 heteroatoms. The van der Waals surface area contributed by atoms with Gasteiger partial charge in [0.2, 0.25) is 0 Å². The van der Waals surface area contributed by atoms with Crippen LogP contribution in [-0.4, -0.2) is 13.1 Å². The molecule has 0 aromatic heterocycles. The van der Waals surface area contributed by atoms with Crippen LogP contribution < -0.4 is 0 Å². The van der Waals surface area contributed by atoms with Crippen LogP contribution in [0, 0.1) is 0 Å². The molecule has 0 unspecified atom stereocenters. The summed E-state index contributed by atoms with van der Waals surface area (Å²) >= 11 is 0. The third-order valence-electron chi connectivity index (χ3n) is 0.204. The van der Waals surface area contributed by atoms with E-state index in [2.05, 4.69) is 13.1 Å². The van der Waals surface area contributed by atoms with Crippen molar-refractivity contribution in [1.29, 1.82) is 0 Å². The third kappa shape index (κ3) is 1.71. The van der Waals surface area contributed by atoms with Crippen LogP contribution in [0.2, 0.25) is 0 Å². The molecule has 0 aliphatic rings. The van der Waals surface area contributed by atoms with Gasteiger partial charge in [0.15, 0.2) is 0 Å². The van der Waals surface area contributed by atoms with Crippen LogP contribution in [0.15, 0.2) is 6.08 Å². The molecular formula is C3H5B. The van der Waals surface area contributed by atoms with Gasteiger partial charge in [-0.25, -0.2) is 0 Å². The summed E-state index contributed by atoms with van der Waals surface area (Å²) in [6.07, 6.45) is 1.76. The molecule has 20 valence electrons. The first kappa shape index (κ1) is 3.71. The predicted octanol–water partition coefficient (Wildman–Crippen LogP) is -0.136. The molecular weight excluding hydrogens is 46.8 g/mol. The van der Waals surface area contributed by atoms with E-state index in [4.69, 9.17) is 0 Å². The Labute approximate surface area is 27.2 Å². The van der Waals surface area contributed by atoms with Gasteiger partial charge in [0.25, 0.3) is 0 Å². The molecule has 0 amide bonds. The Morgan fingerprint density at radius 3 is 2.25 bits per heavy atom. The number of rotatable bonds is 0. The van der Waals surface area contributed by atoms with Gasteiger partial charge in [-0.2, -0.15) is 0 Å². The fourth-order valence-corrected chi connectivity index (χ4v) is 0. The van der Waals surface area contributed by atoms with Crippen LogP contribution in [0.1, 0.15) is 6.92 Å². The maximum absolute atomic E-state index is 3.30. The number of hydrogen-bond acceptors (Lipinski definition) is 0. The summed E-state index contributed by atoms with van der Waals surface area (Å²) in [4.78, 5) is 0. The van der Waals surface area contributed by atoms with Gasteiger partial charge in [-0.3, -0.25) is 0 Å². The van der Waals surface area contributed by atoms with Crippen molar-refractivity contribution >= 4 is 13.1 Å². The van der Waals surface area contributed by atoms with E-state index in [1.165, 1.54) is 0 Å².